The van der Waals surface area contributed by atoms with Crippen LogP contribution in [0.15, 0.2) is 41.9 Å². The molecule has 0 radical (unpaired) electrons. The van der Waals surface area contributed by atoms with Crippen LogP contribution in [-0.2, 0) is 28.8 Å². The van der Waals surface area contributed by atoms with Crippen LogP contribution in [-0.4, -0.2) is 81.1 Å². The molecule has 2 aromatic rings. The van der Waals surface area contributed by atoms with Crippen LogP contribution >= 0.6 is 11.6 Å². The van der Waals surface area contributed by atoms with E-state index in [-0.39, 0.29) is 42.9 Å². The van der Waals surface area contributed by atoms with E-state index in [0.717, 1.165) is 24.1 Å². The monoisotopic (exact) mass is 678 g/mol. The van der Waals surface area contributed by atoms with E-state index in [1.807, 2.05) is 32.9 Å². The van der Waals surface area contributed by atoms with Crippen molar-refractivity contribution in [3.8, 4) is 0 Å². The number of Topliss-reactive ketones (excluding diaryl/α,β-unsaturated/α-hetero) is 2. The van der Waals surface area contributed by atoms with E-state index >= 15 is 0 Å². The van der Waals surface area contributed by atoms with E-state index < -0.39 is 46.6 Å². The Morgan fingerprint density at radius 2 is 1.96 bits per heavy atom. The summed E-state index contributed by atoms with van der Waals surface area (Å²) < 4.78 is 0. The first kappa shape index (κ1) is 33.8. The van der Waals surface area contributed by atoms with Gasteiger partial charge in [-0.25, -0.2) is 4.98 Å². The minimum atomic E-state index is -0.987. The van der Waals surface area contributed by atoms with Crippen LogP contribution in [0.4, 0.5) is 0 Å². The topological polar surface area (TPSA) is 163 Å². The third-order valence-electron chi connectivity index (χ3n) is 10.1. The second-order valence-electron chi connectivity index (χ2n) is 14.9. The van der Waals surface area contributed by atoms with E-state index in [0.29, 0.717) is 35.9 Å². The number of amides is 3. The standard InChI is InChI=1S/C35H43ClN6O6/c1-34(2,3)30(40-31(45)24-13-23(24)26-16-38-18-39-26)33(47)42-17-35(14-25(41-48-35)20-6-5-7-22(36)11-20)15-27(42)28(43)12-21(10-19-8-9-19)29(44)32(46)37-4/h5-7,11,16,18-19,21,23-24,27,30H,8-10,12-15,17H2,1-4H3,(H,37,46)(H,38,39)(H,40,45)/t21-,23-,24-,27+,30-,35-/m1/s1. The molecule has 3 heterocycles. The van der Waals surface area contributed by atoms with Crippen LogP contribution in [0.25, 0.3) is 0 Å². The third kappa shape index (κ3) is 7.18. The van der Waals surface area contributed by atoms with Gasteiger partial charge in [0.25, 0.3) is 5.91 Å². The Morgan fingerprint density at radius 3 is 2.60 bits per heavy atom. The molecular weight excluding hydrogens is 636 g/mol. The van der Waals surface area contributed by atoms with Crippen molar-refractivity contribution in [3.63, 3.8) is 0 Å². The number of ketones is 2. The maximum Gasteiger partial charge on any atom is 0.287 e. The first-order valence-electron chi connectivity index (χ1n) is 16.7. The molecule has 2 aliphatic carbocycles. The van der Waals surface area contributed by atoms with E-state index in [1.54, 1.807) is 24.7 Å². The molecule has 3 fully saturated rings. The van der Waals surface area contributed by atoms with Gasteiger partial charge in [-0.3, -0.25) is 24.0 Å². The number of benzene rings is 1. The average molecular weight is 679 g/mol. The maximum absolute atomic E-state index is 14.6. The molecule has 2 aliphatic heterocycles. The van der Waals surface area contributed by atoms with Gasteiger partial charge in [0.2, 0.25) is 17.6 Å². The minimum absolute atomic E-state index is 0.00260. The van der Waals surface area contributed by atoms with Gasteiger partial charge in [0.1, 0.15) is 6.04 Å². The van der Waals surface area contributed by atoms with Crippen molar-refractivity contribution in [1.82, 2.24) is 25.5 Å². The normalized spacial score (nSPS) is 26.0. The van der Waals surface area contributed by atoms with Crippen LogP contribution in [0.5, 0.6) is 0 Å². The lowest BCUT2D eigenvalue weighted by molar-refractivity contribution is -0.145. The fraction of sp³-hybridized carbons (Fsp3) is 0.571. The van der Waals surface area contributed by atoms with Crippen molar-refractivity contribution < 1.29 is 28.8 Å². The lowest BCUT2D eigenvalue weighted by Crippen LogP contribution is -2.57. The van der Waals surface area contributed by atoms with Gasteiger partial charge in [-0.1, -0.05) is 62.5 Å². The molecule has 6 rings (SSSR count). The highest BCUT2D eigenvalue weighted by atomic mass is 35.5. The van der Waals surface area contributed by atoms with Gasteiger partial charge < -0.3 is 25.4 Å². The summed E-state index contributed by atoms with van der Waals surface area (Å²) >= 11 is 6.25. The summed E-state index contributed by atoms with van der Waals surface area (Å²) in [5.74, 6) is -3.08. The van der Waals surface area contributed by atoms with Crippen molar-refractivity contribution in [2.75, 3.05) is 13.6 Å². The Bertz CT molecular complexity index is 1630. The molecule has 3 N–H and O–H groups in total. The number of rotatable bonds is 12. The summed E-state index contributed by atoms with van der Waals surface area (Å²) in [5.41, 5.74) is 0.625. The first-order valence-corrected chi connectivity index (χ1v) is 17.0. The van der Waals surface area contributed by atoms with Gasteiger partial charge in [-0.05, 0) is 36.3 Å². The molecule has 0 bridgehead atoms. The van der Waals surface area contributed by atoms with Crippen LogP contribution in [0.3, 0.4) is 0 Å². The zero-order valence-electron chi connectivity index (χ0n) is 27.8. The van der Waals surface area contributed by atoms with Crippen LogP contribution < -0.4 is 10.6 Å². The number of nitrogens with one attached hydrogen (secondary N) is 3. The van der Waals surface area contributed by atoms with E-state index in [4.69, 9.17) is 16.4 Å². The van der Waals surface area contributed by atoms with Crippen molar-refractivity contribution in [2.45, 2.75) is 89.3 Å². The van der Waals surface area contributed by atoms with E-state index in [1.165, 1.54) is 11.9 Å². The molecule has 6 atom stereocenters. The third-order valence-corrected chi connectivity index (χ3v) is 10.3. The second kappa shape index (κ2) is 13.1. The summed E-state index contributed by atoms with van der Waals surface area (Å²) in [5, 5.41) is 10.3. The van der Waals surface area contributed by atoms with Gasteiger partial charge in [0.05, 0.1) is 24.6 Å². The fourth-order valence-electron chi connectivity index (χ4n) is 7.09. The number of carbonyl (C=O) groups is 5. The number of nitrogens with zero attached hydrogens (tertiary/aromatic N) is 3. The van der Waals surface area contributed by atoms with Crippen molar-refractivity contribution in [1.29, 1.82) is 0 Å². The smallest absolute Gasteiger partial charge is 0.287 e. The summed E-state index contributed by atoms with van der Waals surface area (Å²) in [7, 11) is 1.39. The largest absolute Gasteiger partial charge is 0.387 e. The van der Waals surface area contributed by atoms with Gasteiger partial charge in [-0.2, -0.15) is 0 Å². The number of hydrogen-bond donors (Lipinski definition) is 3. The Balaban J connectivity index is 1.25. The molecule has 2 saturated carbocycles. The van der Waals surface area contributed by atoms with E-state index in [2.05, 4.69) is 25.8 Å². The Hall–Kier alpha value is -4.06. The number of aromatic amines is 1. The number of likely N-dealkylation sites (N-methyl/N-ethyl adjacent to an activating group) is 1. The van der Waals surface area contributed by atoms with E-state index in [9.17, 15) is 24.0 Å². The minimum Gasteiger partial charge on any atom is -0.387 e. The number of H-pyrrole nitrogens is 1. The molecule has 256 valence electrons. The zero-order valence-corrected chi connectivity index (χ0v) is 28.5. The first-order chi connectivity index (χ1) is 22.8. The van der Waals surface area contributed by atoms with Crippen LogP contribution in [0, 0.1) is 23.2 Å². The predicted molar refractivity (Wildman–Crippen MR) is 177 cm³/mol. The van der Waals surface area contributed by atoms with Crippen LogP contribution in [0.2, 0.25) is 5.02 Å². The Labute approximate surface area is 284 Å². The number of imidazole rings is 1. The highest BCUT2D eigenvalue weighted by Gasteiger charge is 2.56. The molecule has 1 aromatic heterocycles. The summed E-state index contributed by atoms with van der Waals surface area (Å²) in [6.45, 7) is 5.68. The maximum atomic E-state index is 14.6. The lowest BCUT2D eigenvalue weighted by atomic mass is 9.84. The van der Waals surface area contributed by atoms with Gasteiger partial charge >= 0.3 is 0 Å². The number of aromatic nitrogens is 2. The number of halogens is 1. The number of oxime groups is 1. The Kier molecular flexibility index (Phi) is 9.23. The molecule has 13 heteroatoms. The molecule has 1 saturated heterocycles. The van der Waals surface area contributed by atoms with Gasteiger partial charge in [-0.15, -0.1) is 0 Å². The molecule has 0 unspecified atom stereocenters. The van der Waals surface area contributed by atoms with Crippen molar-refractivity contribution in [3.05, 3.63) is 53.1 Å². The molecule has 1 spiro atoms. The van der Waals surface area contributed by atoms with Crippen molar-refractivity contribution in [2.24, 2.45) is 28.3 Å². The predicted octanol–water partition coefficient (Wildman–Crippen LogP) is 3.55. The molecule has 48 heavy (non-hydrogen) atoms. The molecular formula is C35H43ClN6O6. The van der Waals surface area contributed by atoms with Crippen molar-refractivity contribution >= 4 is 46.6 Å². The summed E-state index contributed by atoms with van der Waals surface area (Å²) in [6, 6.07) is 5.36. The van der Waals surface area contributed by atoms with Crippen LogP contribution in [0.1, 0.15) is 82.9 Å². The van der Waals surface area contributed by atoms with Gasteiger partial charge in [0, 0.05) is 66.5 Å². The second-order valence-corrected chi connectivity index (χ2v) is 15.4. The SMILES string of the molecule is CNC(=O)C(=O)[C@@H](CC(=O)[C@@H]1C[C@]2(CC(c3cccc(Cl)c3)=NO2)CN1C(=O)[C@@H](NC(=O)[C@@H]1C[C@H]1c1cnc[nH]1)C(C)(C)C)CC1CC1. The number of carbonyl (C=O) groups excluding carboxylic acids is 5. The zero-order chi connectivity index (χ0) is 34.4. The molecule has 12 nitrogen and oxygen atoms in total. The fourth-order valence-corrected chi connectivity index (χ4v) is 7.28. The molecule has 4 aliphatic rings. The summed E-state index contributed by atoms with van der Waals surface area (Å²) in [6.07, 6.45) is 6.61. The lowest BCUT2D eigenvalue weighted by Gasteiger charge is -2.35. The molecule has 3 amide bonds. The highest BCUT2D eigenvalue weighted by molar-refractivity contribution is 6.37. The molecule has 1 aromatic carbocycles. The Morgan fingerprint density at radius 1 is 1.19 bits per heavy atom. The average Bonchev–Trinajstić information content (AvgIpc) is 3.88. The number of likely N-dealkylation sites (tertiary alicyclic amines) is 1. The van der Waals surface area contributed by atoms with Gasteiger partial charge in [0.15, 0.2) is 11.4 Å². The number of hydrogen-bond acceptors (Lipinski definition) is 8. The summed E-state index contributed by atoms with van der Waals surface area (Å²) in [4.78, 5) is 82.4. The highest BCUT2D eigenvalue weighted by Crippen LogP contribution is 2.47. The quantitative estimate of drug-likeness (QED) is 0.289.